The molecule has 0 radical (unpaired) electrons. The number of anilines is 1. The highest BCUT2D eigenvalue weighted by Crippen LogP contribution is 2.22. The smallest absolute Gasteiger partial charge is 0.422 e. The van der Waals surface area contributed by atoms with Crippen molar-refractivity contribution in [1.29, 1.82) is 0 Å². The second-order valence-electron chi connectivity index (χ2n) is 6.73. The molecule has 0 aliphatic carbocycles. The molecule has 7 nitrogen and oxygen atoms in total. The van der Waals surface area contributed by atoms with Gasteiger partial charge in [0.05, 0.1) is 0 Å². The third-order valence-electron chi connectivity index (χ3n) is 4.64. The molecule has 0 unspecified atom stereocenters. The highest BCUT2D eigenvalue weighted by atomic mass is 127. The number of aliphatic imine (C=N–C) groups is 1. The monoisotopic (exact) mass is 570 g/mol. The topological polar surface area (TPSA) is 65.9 Å². The Balaban J connectivity index is 0.00000341. The molecule has 0 amide bonds. The Morgan fingerprint density at radius 1 is 1.23 bits per heavy atom. The zero-order chi connectivity index (χ0) is 21.6. The van der Waals surface area contributed by atoms with Crippen LogP contribution in [0.3, 0.4) is 0 Å². The standard InChI is InChI=1S/C19H25F3N6OS.HI/c1-3-16-25-18(30-26-16)28-10-8-27(9-11-28)17(23-2)24-12-14-6-4-5-7-15(14)29-13-19(20,21)22;/h4-7H,3,8-13H2,1-2H3,(H,23,24);1H. The van der Waals surface area contributed by atoms with Gasteiger partial charge in [-0.25, -0.2) is 4.98 Å². The fraction of sp³-hybridized carbons (Fsp3) is 0.526. The van der Waals surface area contributed by atoms with E-state index in [1.807, 2.05) is 6.92 Å². The molecule has 1 saturated heterocycles. The first-order valence-electron chi connectivity index (χ1n) is 9.70. The maximum absolute atomic E-state index is 12.5. The lowest BCUT2D eigenvalue weighted by molar-refractivity contribution is -0.153. The Morgan fingerprint density at radius 3 is 2.55 bits per heavy atom. The van der Waals surface area contributed by atoms with Gasteiger partial charge >= 0.3 is 6.18 Å². The van der Waals surface area contributed by atoms with Gasteiger partial charge in [0, 0.05) is 63.3 Å². The summed E-state index contributed by atoms with van der Waals surface area (Å²) in [5, 5.41) is 4.17. The van der Waals surface area contributed by atoms with Crippen LogP contribution in [0, 0.1) is 0 Å². The molecular formula is C19H26F3IN6OS. The summed E-state index contributed by atoms with van der Waals surface area (Å²) in [5.41, 5.74) is 0.641. The minimum atomic E-state index is -4.37. The summed E-state index contributed by atoms with van der Waals surface area (Å²) in [6.45, 7) is 4.14. The maximum atomic E-state index is 12.5. The van der Waals surface area contributed by atoms with Crippen LogP contribution in [0.5, 0.6) is 5.75 Å². The van der Waals surface area contributed by atoms with E-state index < -0.39 is 12.8 Å². The lowest BCUT2D eigenvalue weighted by Gasteiger charge is -2.36. The summed E-state index contributed by atoms with van der Waals surface area (Å²) < 4.78 is 46.7. The van der Waals surface area contributed by atoms with Gasteiger partial charge in [-0.05, 0) is 6.07 Å². The fourth-order valence-corrected chi connectivity index (χ4v) is 3.88. The van der Waals surface area contributed by atoms with Crippen molar-refractivity contribution < 1.29 is 17.9 Å². The summed E-state index contributed by atoms with van der Waals surface area (Å²) >= 11 is 1.42. The number of aryl methyl sites for hydroxylation is 1. The number of para-hydroxylation sites is 1. The second-order valence-corrected chi connectivity index (χ2v) is 7.46. The average Bonchev–Trinajstić information content (AvgIpc) is 3.22. The molecule has 0 spiro atoms. The van der Waals surface area contributed by atoms with E-state index in [0.29, 0.717) is 18.1 Å². The molecule has 1 aliphatic rings. The van der Waals surface area contributed by atoms with Gasteiger partial charge in [-0.3, -0.25) is 4.99 Å². The molecule has 2 aromatic rings. The van der Waals surface area contributed by atoms with Crippen LogP contribution in [0.2, 0.25) is 0 Å². The van der Waals surface area contributed by atoms with Gasteiger partial charge in [-0.2, -0.15) is 17.5 Å². The molecule has 1 aromatic carbocycles. The molecule has 3 rings (SSSR count). The van der Waals surface area contributed by atoms with Crippen molar-refractivity contribution in [3.8, 4) is 5.75 Å². The molecule has 0 atom stereocenters. The number of piperazine rings is 1. The van der Waals surface area contributed by atoms with Crippen LogP contribution in [-0.2, 0) is 13.0 Å². The quantitative estimate of drug-likeness (QED) is 0.326. The van der Waals surface area contributed by atoms with Crippen molar-refractivity contribution in [1.82, 2.24) is 19.6 Å². The molecule has 12 heteroatoms. The third kappa shape index (κ3) is 7.37. The highest BCUT2D eigenvalue weighted by molar-refractivity contribution is 14.0. The normalized spacial score (nSPS) is 14.9. The van der Waals surface area contributed by atoms with E-state index in [4.69, 9.17) is 4.74 Å². The number of aromatic nitrogens is 2. The number of benzene rings is 1. The number of rotatable bonds is 6. The van der Waals surface area contributed by atoms with E-state index in [1.54, 1.807) is 25.2 Å². The lowest BCUT2D eigenvalue weighted by Crippen LogP contribution is -2.52. The number of alkyl halides is 3. The molecule has 1 fully saturated rings. The Labute approximate surface area is 200 Å². The largest absolute Gasteiger partial charge is 0.484 e. The van der Waals surface area contributed by atoms with E-state index >= 15 is 0 Å². The van der Waals surface area contributed by atoms with Crippen molar-refractivity contribution >= 4 is 46.6 Å². The van der Waals surface area contributed by atoms with E-state index in [-0.39, 0.29) is 29.7 Å². The number of hydrogen-bond acceptors (Lipinski definition) is 6. The van der Waals surface area contributed by atoms with Crippen LogP contribution in [0.25, 0.3) is 0 Å². The zero-order valence-electron chi connectivity index (χ0n) is 17.4. The minimum absolute atomic E-state index is 0. The van der Waals surface area contributed by atoms with Crippen LogP contribution >= 0.6 is 35.5 Å². The van der Waals surface area contributed by atoms with Gasteiger partial charge in [0.25, 0.3) is 0 Å². The van der Waals surface area contributed by atoms with Gasteiger partial charge in [0.2, 0.25) is 5.13 Å². The average molecular weight is 570 g/mol. The maximum Gasteiger partial charge on any atom is 0.422 e. The second kappa shape index (κ2) is 11.7. The van der Waals surface area contributed by atoms with Crippen LogP contribution in [0.1, 0.15) is 18.3 Å². The molecule has 1 aromatic heterocycles. The predicted molar refractivity (Wildman–Crippen MR) is 127 cm³/mol. The molecule has 2 heterocycles. The summed E-state index contributed by atoms with van der Waals surface area (Å²) in [7, 11) is 1.69. The third-order valence-corrected chi connectivity index (χ3v) is 5.45. The fourth-order valence-electron chi connectivity index (χ4n) is 3.08. The van der Waals surface area contributed by atoms with E-state index in [2.05, 4.69) is 29.5 Å². The summed E-state index contributed by atoms with van der Waals surface area (Å²) in [5.74, 6) is 1.78. The number of ether oxygens (including phenoxy) is 1. The van der Waals surface area contributed by atoms with Gasteiger partial charge < -0.3 is 19.9 Å². The number of hydrogen-bond donors (Lipinski definition) is 1. The SMILES string of the molecule is CCc1nsc(N2CCN(C(=NC)NCc3ccccc3OCC(F)(F)F)CC2)n1.I. The van der Waals surface area contributed by atoms with Crippen molar-refractivity contribution in [3.05, 3.63) is 35.7 Å². The summed E-state index contributed by atoms with van der Waals surface area (Å²) in [6, 6.07) is 6.70. The molecule has 0 bridgehead atoms. The van der Waals surface area contributed by atoms with E-state index in [1.165, 1.54) is 17.6 Å². The molecule has 0 saturated carbocycles. The Kier molecular flexibility index (Phi) is 9.59. The van der Waals surface area contributed by atoms with Gasteiger partial charge in [0.15, 0.2) is 12.6 Å². The van der Waals surface area contributed by atoms with Crippen LogP contribution in [-0.4, -0.2) is 66.2 Å². The van der Waals surface area contributed by atoms with Gasteiger partial charge in [-0.15, -0.1) is 24.0 Å². The highest BCUT2D eigenvalue weighted by Gasteiger charge is 2.29. The van der Waals surface area contributed by atoms with Gasteiger partial charge in [-0.1, -0.05) is 25.1 Å². The Bertz CT molecular complexity index is 855. The number of nitrogens with zero attached hydrogens (tertiary/aromatic N) is 5. The molecular weight excluding hydrogens is 544 g/mol. The van der Waals surface area contributed by atoms with Crippen molar-refractivity contribution in [2.24, 2.45) is 4.99 Å². The molecule has 1 N–H and O–H groups in total. The molecule has 172 valence electrons. The molecule has 31 heavy (non-hydrogen) atoms. The van der Waals surface area contributed by atoms with Crippen molar-refractivity contribution in [2.75, 3.05) is 44.7 Å². The van der Waals surface area contributed by atoms with Crippen LogP contribution in [0.15, 0.2) is 29.3 Å². The van der Waals surface area contributed by atoms with Crippen LogP contribution < -0.4 is 15.0 Å². The Morgan fingerprint density at radius 2 is 1.94 bits per heavy atom. The first kappa shape index (κ1) is 25.4. The Hall–Kier alpha value is -1.83. The first-order chi connectivity index (χ1) is 14.4. The zero-order valence-corrected chi connectivity index (χ0v) is 20.5. The lowest BCUT2D eigenvalue weighted by atomic mass is 10.2. The van der Waals surface area contributed by atoms with E-state index in [9.17, 15) is 13.2 Å². The molecule has 1 aliphatic heterocycles. The van der Waals surface area contributed by atoms with E-state index in [0.717, 1.165) is 43.6 Å². The number of nitrogens with one attached hydrogen (secondary N) is 1. The first-order valence-corrected chi connectivity index (χ1v) is 10.5. The number of halogens is 4. The number of guanidine groups is 1. The minimum Gasteiger partial charge on any atom is -0.484 e. The summed E-state index contributed by atoms with van der Waals surface area (Å²) in [4.78, 5) is 13.2. The summed E-state index contributed by atoms with van der Waals surface area (Å²) in [6.07, 6.45) is -3.55. The van der Waals surface area contributed by atoms with Gasteiger partial charge in [0.1, 0.15) is 11.6 Å². The van der Waals surface area contributed by atoms with Crippen molar-refractivity contribution in [3.63, 3.8) is 0 Å². The van der Waals surface area contributed by atoms with Crippen molar-refractivity contribution in [2.45, 2.75) is 26.1 Å². The predicted octanol–water partition coefficient (Wildman–Crippen LogP) is 3.56. The van der Waals surface area contributed by atoms with Crippen LogP contribution in [0.4, 0.5) is 18.3 Å².